The Balaban J connectivity index is 1.98. The van der Waals surface area contributed by atoms with Crippen molar-refractivity contribution >= 4 is 15.7 Å². The first kappa shape index (κ1) is 16.1. The lowest BCUT2D eigenvalue weighted by Crippen LogP contribution is -2.26. The van der Waals surface area contributed by atoms with Gasteiger partial charge in [-0.25, -0.2) is 17.5 Å². The fourth-order valence-corrected chi connectivity index (χ4v) is 2.96. The van der Waals surface area contributed by atoms with Crippen molar-refractivity contribution in [1.82, 2.24) is 4.72 Å². The summed E-state index contributed by atoms with van der Waals surface area (Å²) in [6.45, 7) is 0.0640. The first-order chi connectivity index (χ1) is 10.4. The van der Waals surface area contributed by atoms with Gasteiger partial charge in [0.1, 0.15) is 10.7 Å². The number of nitrogens with zero attached hydrogens (tertiary/aromatic N) is 1. The number of sulfonamides is 1. The smallest absolute Gasteiger partial charge is 0.258 e. The van der Waals surface area contributed by atoms with E-state index in [0.29, 0.717) is 6.42 Å². The third-order valence-corrected chi connectivity index (χ3v) is 4.47. The molecule has 0 atom stereocenters. The van der Waals surface area contributed by atoms with Gasteiger partial charge in [-0.2, -0.15) is 0 Å². The zero-order valence-corrected chi connectivity index (χ0v) is 12.2. The average molecular weight is 324 g/mol. The standard InChI is InChI=1S/C14H13FN2O4S/c15-13-3-1-2-4-14(13)22(20,21)16-10-9-11-5-7-12(8-6-11)17(18)19/h1-8,16H,9-10H2. The topological polar surface area (TPSA) is 89.3 Å². The van der Waals surface area contributed by atoms with Crippen LogP contribution in [0.2, 0.25) is 0 Å². The molecule has 0 aliphatic rings. The van der Waals surface area contributed by atoms with Gasteiger partial charge in [0.05, 0.1) is 4.92 Å². The van der Waals surface area contributed by atoms with Gasteiger partial charge < -0.3 is 0 Å². The van der Waals surface area contributed by atoms with E-state index in [1.807, 2.05) is 0 Å². The highest BCUT2D eigenvalue weighted by atomic mass is 32.2. The summed E-state index contributed by atoms with van der Waals surface area (Å²) in [7, 11) is -3.92. The van der Waals surface area contributed by atoms with E-state index < -0.39 is 25.7 Å². The molecule has 0 aliphatic heterocycles. The Morgan fingerprint density at radius 1 is 1.09 bits per heavy atom. The molecule has 116 valence electrons. The summed E-state index contributed by atoms with van der Waals surface area (Å²) in [5, 5.41) is 10.5. The molecule has 1 N–H and O–H groups in total. The van der Waals surface area contributed by atoms with Crippen molar-refractivity contribution in [1.29, 1.82) is 0 Å². The zero-order valence-electron chi connectivity index (χ0n) is 11.4. The number of nitrogens with one attached hydrogen (secondary N) is 1. The Labute approximate surface area is 126 Å². The van der Waals surface area contributed by atoms with Gasteiger partial charge in [0.25, 0.3) is 5.69 Å². The Bertz CT molecular complexity index is 776. The molecule has 22 heavy (non-hydrogen) atoms. The fraction of sp³-hybridized carbons (Fsp3) is 0.143. The van der Waals surface area contributed by atoms with Crippen LogP contribution in [-0.2, 0) is 16.4 Å². The van der Waals surface area contributed by atoms with Crippen LogP contribution in [0, 0.1) is 15.9 Å². The van der Waals surface area contributed by atoms with Crippen molar-refractivity contribution in [3.05, 3.63) is 70.0 Å². The molecule has 0 unspecified atom stereocenters. The lowest BCUT2D eigenvalue weighted by atomic mass is 10.1. The average Bonchev–Trinajstić information content (AvgIpc) is 2.48. The molecular formula is C14H13FN2O4S. The van der Waals surface area contributed by atoms with Crippen LogP contribution in [0.1, 0.15) is 5.56 Å². The summed E-state index contributed by atoms with van der Waals surface area (Å²) in [4.78, 5) is 9.61. The Kier molecular flexibility index (Phi) is 4.84. The van der Waals surface area contributed by atoms with E-state index in [0.717, 1.165) is 11.6 Å². The predicted molar refractivity (Wildman–Crippen MR) is 78.4 cm³/mol. The molecule has 0 amide bonds. The van der Waals surface area contributed by atoms with E-state index in [-0.39, 0.29) is 12.2 Å². The van der Waals surface area contributed by atoms with Crippen LogP contribution in [0.15, 0.2) is 53.4 Å². The molecule has 2 rings (SSSR count). The first-order valence-corrected chi connectivity index (χ1v) is 7.86. The number of hydrogen-bond donors (Lipinski definition) is 1. The number of non-ortho nitro benzene ring substituents is 1. The maximum absolute atomic E-state index is 13.5. The molecule has 0 saturated carbocycles. The molecule has 0 spiro atoms. The number of nitro benzene ring substituents is 1. The van der Waals surface area contributed by atoms with Gasteiger partial charge >= 0.3 is 0 Å². The van der Waals surface area contributed by atoms with Crippen LogP contribution >= 0.6 is 0 Å². The van der Waals surface area contributed by atoms with Gasteiger partial charge in [0, 0.05) is 18.7 Å². The Morgan fingerprint density at radius 2 is 1.73 bits per heavy atom. The predicted octanol–water partition coefficient (Wildman–Crippen LogP) is 2.25. The van der Waals surface area contributed by atoms with E-state index >= 15 is 0 Å². The largest absolute Gasteiger partial charge is 0.269 e. The molecule has 0 fully saturated rings. The van der Waals surface area contributed by atoms with Crippen molar-refractivity contribution in [3.8, 4) is 0 Å². The van der Waals surface area contributed by atoms with Crippen LogP contribution in [-0.4, -0.2) is 19.9 Å². The molecule has 0 bridgehead atoms. The van der Waals surface area contributed by atoms with E-state index in [4.69, 9.17) is 0 Å². The lowest BCUT2D eigenvalue weighted by Gasteiger charge is -2.07. The normalized spacial score (nSPS) is 11.3. The second kappa shape index (κ2) is 6.63. The SMILES string of the molecule is O=[N+]([O-])c1ccc(CCNS(=O)(=O)c2ccccc2F)cc1. The van der Waals surface area contributed by atoms with Crippen LogP contribution in [0.3, 0.4) is 0 Å². The highest BCUT2D eigenvalue weighted by Crippen LogP contribution is 2.14. The number of benzene rings is 2. The lowest BCUT2D eigenvalue weighted by molar-refractivity contribution is -0.384. The minimum atomic E-state index is -3.92. The molecule has 0 aliphatic carbocycles. The van der Waals surface area contributed by atoms with Gasteiger partial charge in [0.15, 0.2) is 0 Å². The highest BCUT2D eigenvalue weighted by molar-refractivity contribution is 7.89. The van der Waals surface area contributed by atoms with Crippen molar-refractivity contribution in [3.63, 3.8) is 0 Å². The van der Waals surface area contributed by atoms with Gasteiger partial charge in [-0.05, 0) is 24.1 Å². The summed E-state index contributed by atoms with van der Waals surface area (Å²) in [6.07, 6.45) is 0.339. The summed E-state index contributed by atoms with van der Waals surface area (Å²) in [5.41, 5.74) is 0.706. The summed E-state index contributed by atoms with van der Waals surface area (Å²) < 4.78 is 39.7. The molecule has 8 heteroatoms. The number of rotatable bonds is 6. The quantitative estimate of drug-likeness (QED) is 0.652. The van der Waals surface area contributed by atoms with Crippen molar-refractivity contribution in [2.75, 3.05) is 6.54 Å². The van der Waals surface area contributed by atoms with Crippen LogP contribution in [0.4, 0.5) is 10.1 Å². The summed E-state index contributed by atoms with van der Waals surface area (Å²) in [5.74, 6) is -0.815. The third-order valence-electron chi connectivity index (χ3n) is 2.98. The van der Waals surface area contributed by atoms with Crippen LogP contribution in [0.25, 0.3) is 0 Å². The van der Waals surface area contributed by atoms with E-state index in [2.05, 4.69) is 4.72 Å². The van der Waals surface area contributed by atoms with Crippen LogP contribution in [0.5, 0.6) is 0 Å². The van der Waals surface area contributed by atoms with Crippen molar-refractivity contribution in [2.45, 2.75) is 11.3 Å². The molecule has 0 saturated heterocycles. The van der Waals surface area contributed by atoms with Gasteiger partial charge in [0.2, 0.25) is 10.0 Å². The maximum atomic E-state index is 13.5. The van der Waals surface area contributed by atoms with E-state index in [1.165, 1.54) is 30.3 Å². The number of nitro groups is 1. The summed E-state index contributed by atoms with van der Waals surface area (Å²) >= 11 is 0. The molecule has 2 aromatic rings. The second-order valence-electron chi connectivity index (χ2n) is 4.50. The van der Waals surface area contributed by atoms with E-state index in [1.54, 1.807) is 12.1 Å². The summed E-state index contributed by atoms with van der Waals surface area (Å²) in [6, 6.07) is 10.9. The molecule has 0 aromatic heterocycles. The number of hydrogen-bond acceptors (Lipinski definition) is 4. The minimum Gasteiger partial charge on any atom is -0.258 e. The van der Waals surface area contributed by atoms with Crippen molar-refractivity contribution in [2.24, 2.45) is 0 Å². The monoisotopic (exact) mass is 324 g/mol. The molecule has 6 nitrogen and oxygen atoms in total. The molecule has 2 aromatic carbocycles. The molecule has 0 heterocycles. The second-order valence-corrected chi connectivity index (χ2v) is 6.24. The van der Waals surface area contributed by atoms with Crippen LogP contribution < -0.4 is 4.72 Å². The fourth-order valence-electron chi connectivity index (χ4n) is 1.85. The van der Waals surface area contributed by atoms with Gasteiger partial charge in [-0.3, -0.25) is 10.1 Å². The van der Waals surface area contributed by atoms with Crippen molar-refractivity contribution < 1.29 is 17.7 Å². The minimum absolute atomic E-state index is 0.0318. The van der Waals surface area contributed by atoms with Gasteiger partial charge in [-0.15, -0.1) is 0 Å². The Morgan fingerprint density at radius 3 is 2.32 bits per heavy atom. The zero-order chi connectivity index (χ0) is 16.2. The van der Waals surface area contributed by atoms with Gasteiger partial charge in [-0.1, -0.05) is 24.3 Å². The number of halogens is 1. The van der Waals surface area contributed by atoms with E-state index in [9.17, 15) is 22.9 Å². The maximum Gasteiger partial charge on any atom is 0.269 e. The first-order valence-electron chi connectivity index (χ1n) is 6.38. The molecule has 0 radical (unpaired) electrons. The highest BCUT2D eigenvalue weighted by Gasteiger charge is 2.17. The molecular weight excluding hydrogens is 311 g/mol. The third kappa shape index (κ3) is 3.86. The Hall–Kier alpha value is -2.32.